The van der Waals surface area contributed by atoms with Crippen LogP contribution in [-0.2, 0) is 13.5 Å². The summed E-state index contributed by atoms with van der Waals surface area (Å²) in [7, 11) is 1.84. The van der Waals surface area contributed by atoms with Gasteiger partial charge in [-0.2, -0.15) is 0 Å². The molecule has 0 bridgehead atoms. The van der Waals surface area contributed by atoms with Crippen LogP contribution in [0.1, 0.15) is 39.8 Å². The van der Waals surface area contributed by atoms with Gasteiger partial charge in [-0.05, 0) is 42.3 Å². The molecule has 4 nitrogen and oxygen atoms in total. The summed E-state index contributed by atoms with van der Waals surface area (Å²) < 4.78 is 1.77. The fraction of sp³-hybridized carbons (Fsp3) is 0.357. The molecule has 0 saturated heterocycles. The summed E-state index contributed by atoms with van der Waals surface area (Å²) in [5.74, 6) is -0.0525. The lowest BCUT2D eigenvalue weighted by Gasteiger charge is -2.23. The largest absolute Gasteiger partial charge is 0.397 e. The van der Waals surface area contributed by atoms with E-state index >= 15 is 0 Å². The topological polar surface area (TPSA) is 60.0 Å². The minimum Gasteiger partial charge on any atom is -0.397 e. The first-order valence-corrected chi connectivity index (χ1v) is 7.32. The number of carbonyl (C=O) groups excluding carboxylic acids is 1. The van der Waals surface area contributed by atoms with Crippen LogP contribution in [0.5, 0.6) is 0 Å². The number of nitrogens with zero attached hydrogens (tertiary/aromatic N) is 1. The second kappa shape index (κ2) is 4.74. The van der Waals surface area contributed by atoms with Crippen molar-refractivity contribution >= 4 is 22.9 Å². The summed E-state index contributed by atoms with van der Waals surface area (Å²) in [4.78, 5) is 13.7. The highest BCUT2D eigenvalue weighted by molar-refractivity contribution is 7.10. The molecule has 3 rings (SSSR count). The first kappa shape index (κ1) is 12.3. The molecule has 2 aromatic heterocycles. The van der Waals surface area contributed by atoms with Gasteiger partial charge in [0.25, 0.3) is 5.91 Å². The number of hydrogen-bond donors (Lipinski definition) is 2. The zero-order chi connectivity index (χ0) is 13.4. The Hall–Kier alpha value is -1.75. The molecular formula is C14H17N3OS. The predicted octanol–water partition coefficient (Wildman–Crippen LogP) is 2.48. The van der Waals surface area contributed by atoms with Crippen molar-refractivity contribution in [1.29, 1.82) is 0 Å². The highest BCUT2D eigenvalue weighted by Gasteiger charge is 2.23. The average molecular weight is 275 g/mol. The maximum atomic E-state index is 12.3. The van der Waals surface area contributed by atoms with Gasteiger partial charge in [-0.1, -0.05) is 0 Å². The number of rotatable bonds is 2. The van der Waals surface area contributed by atoms with Gasteiger partial charge in [0.05, 0.1) is 11.7 Å². The Morgan fingerprint density at radius 3 is 3.16 bits per heavy atom. The predicted molar refractivity (Wildman–Crippen MR) is 77.3 cm³/mol. The summed E-state index contributed by atoms with van der Waals surface area (Å²) >= 11 is 1.78. The molecule has 0 saturated carbocycles. The molecule has 1 amide bonds. The molecule has 5 heteroatoms. The molecule has 2 aromatic rings. The van der Waals surface area contributed by atoms with Crippen LogP contribution < -0.4 is 11.1 Å². The summed E-state index contributed by atoms with van der Waals surface area (Å²) in [5.41, 5.74) is 8.22. The Morgan fingerprint density at radius 2 is 2.42 bits per heavy atom. The fourth-order valence-corrected chi connectivity index (χ4v) is 3.67. The number of carbonyl (C=O) groups is 1. The number of fused-ring (bicyclic) bond motifs is 1. The third-order valence-corrected chi connectivity index (χ3v) is 4.61. The van der Waals surface area contributed by atoms with Crippen LogP contribution in [-0.4, -0.2) is 10.5 Å². The van der Waals surface area contributed by atoms with Gasteiger partial charge >= 0.3 is 0 Å². The number of hydrogen-bond acceptors (Lipinski definition) is 3. The number of aryl methyl sites for hydroxylation is 2. The number of nitrogen functional groups attached to an aromatic ring is 1. The van der Waals surface area contributed by atoms with E-state index in [-0.39, 0.29) is 11.9 Å². The van der Waals surface area contributed by atoms with Gasteiger partial charge < -0.3 is 15.6 Å². The highest BCUT2D eigenvalue weighted by atomic mass is 32.1. The number of thiophene rings is 1. The van der Waals surface area contributed by atoms with E-state index in [1.54, 1.807) is 28.2 Å². The van der Waals surface area contributed by atoms with Gasteiger partial charge in [-0.15, -0.1) is 11.3 Å². The van der Waals surface area contributed by atoms with Crippen LogP contribution in [0.25, 0.3) is 0 Å². The van der Waals surface area contributed by atoms with Gasteiger partial charge in [0.15, 0.2) is 0 Å². The summed E-state index contributed by atoms with van der Waals surface area (Å²) in [6, 6.07) is 3.98. The molecule has 1 unspecified atom stereocenters. The van der Waals surface area contributed by atoms with Crippen molar-refractivity contribution in [2.75, 3.05) is 5.73 Å². The van der Waals surface area contributed by atoms with E-state index in [1.165, 1.54) is 10.4 Å². The number of anilines is 1. The summed E-state index contributed by atoms with van der Waals surface area (Å²) in [5, 5.41) is 5.23. The molecule has 100 valence electrons. The standard InChI is InChI=1S/C14H17N3OS/c1-17-8-9(15)7-12(17)14(18)16-11-3-2-4-13-10(11)5-6-19-13/h5-8,11H,2-4,15H2,1H3,(H,16,18). The van der Waals surface area contributed by atoms with Crippen molar-refractivity contribution in [3.05, 3.63) is 39.8 Å². The minimum absolute atomic E-state index is 0.0525. The number of nitrogens with one attached hydrogen (secondary N) is 1. The van der Waals surface area contributed by atoms with E-state index in [1.807, 2.05) is 7.05 Å². The van der Waals surface area contributed by atoms with E-state index < -0.39 is 0 Å². The molecule has 2 heterocycles. The first-order valence-electron chi connectivity index (χ1n) is 6.44. The number of amides is 1. The summed E-state index contributed by atoms with van der Waals surface area (Å²) in [6.07, 6.45) is 5.03. The lowest BCUT2D eigenvalue weighted by Crippen LogP contribution is -2.31. The second-order valence-electron chi connectivity index (χ2n) is 4.99. The van der Waals surface area contributed by atoms with Crippen molar-refractivity contribution in [3.8, 4) is 0 Å². The van der Waals surface area contributed by atoms with Crippen LogP contribution in [0, 0.1) is 0 Å². The molecule has 1 aliphatic rings. The number of nitrogens with two attached hydrogens (primary N) is 1. The molecule has 0 aliphatic heterocycles. The fourth-order valence-electron chi connectivity index (χ4n) is 2.68. The van der Waals surface area contributed by atoms with E-state index in [2.05, 4.69) is 16.8 Å². The van der Waals surface area contributed by atoms with Crippen molar-refractivity contribution in [1.82, 2.24) is 9.88 Å². The van der Waals surface area contributed by atoms with E-state index in [4.69, 9.17) is 5.73 Å². The highest BCUT2D eigenvalue weighted by Crippen LogP contribution is 2.33. The molecule has 1 aliphatic carbocycles. The van der Waals surface area contributed by atoms with Crippen molar-refractivity contribution < 1.29 is 4.79 Å². The average Bonchev–Trinajstić information content (AvgIpc) is 2.96. The zero-order valence-electron chi connectivity index (χ0n) is 10.8. The molecule has 0 spiro atoms. The van der Waals surface area contributed by atoms with Crippen LogP contribution in [0.2, 0.25) is 0 Å². The third kappa shape index (κ3) is 2.26. The van der Waals surface area contributed by atoms with Crippen molar-refractivity contribution in [3.63, 3.8) is 0 Å². The Labute approximate surface area is 116 Å². The monoisotopic (exact) mass is 275 g/mol. The van der Waals surface area contributed by atoms with Crippen LogP contribution in [0.15, 0.2) is 23.7 Å². The van der Waals surface area contributed by atoms with Crippen LogP contribution >= 0.6 is 11.3 Å². The lowest BCUT2D eigenvalue weighted by atomic mass is 9.94. The maximum Gasteiger partial charge on any atom is 0.268 e. The lowest BCUT2D eigenvalue weighted by molar-refractivity contribution is 0.0924. The third-order valence-electron chi connectivity index (χ3n) is 3.62. The molecule has 19 heavy (non-hydrogen) atoms. The van der Waals surface area contributed by atoms with E-state index in [9.17, 15) is 4.79 Å². The van der Waals surface area contributed by atoms with E-state index in [0.29, 0.717) is 11.4 Å². The second-order valence-corrected chi connectivity index (χ2v) is 5.99. The van der Waals surface area contributed by atoms with Gasteiger partial charge in [-0.25, -0.2) is 0 Å². The Balaban J connectivity index is 1.80. The van der Waals surface area contributed by atoms with E-state index in [0.717, 1.165) is 19.3 Å². The van der Waals surface area contributed by atoms with Crippen molar-refractivity contribution in [2.45, 2.75) is 25.3 Å². The normalized spacial score (nSPS) is 18.1. The molecule has 0 fully saturated rings. The Bertz CT molecular complexity index is 614. The van der Waals surface area contributed by atoms with Crippen molar-refractivity contribution in [2.24, 2.45) is 7.05 Å². The number of aromatic nitrogens is 1. The molecule has 0 aromatic carbocycles. The van der Waals surface area contributed by atoms with Gasteiger partial charge in [0, 0.05) is 18.1 Å². The van der Waals surface area contributed by atoms with Crippen LogP contribution in [0.3, 0.4) is 0 Å². The molecular weight excluding hydrogens is 258 g/mol. The first-order chi connectivity index (χ1) is 9.15. The zero-order valence-corrected chi connectivity index (χ0v) is 11.7. The van der Waals surface area contributed by atoms with Crippen LogP contribution in [0.4, 0.5) is 5.69 Å². The maximum absolute atomic E-state index is 12.3. The SMILES string of the molecule is Cn1cc(N)cc1C(=O)NC1CCCc2sccc21. The Kier molecular flexibility index (Phi) is 3.06. The molecule has 1 atom stereocenters. The molecule has 3 N–H and O–H groups in total. The van der Waals surface area contributed by atoms with Gasteiger partial charge in [0.1, 0.15) is 5.69 Å². The quantitative estimate of drug-likeness (QED) is 0.884. The molecule has 0 radical (unpaired) electrons. The van der Waals surface area contributed by atoms with Gasteiger partial charge in [-0.3, -0.25) is 4.79 Å². The Morgan fingerprint density at radius 1 is 1.58 bits per heavy atom. The summed E-state index contributed by atoms with van der Waals surface area (Å²) in [6.45, 7) is 0. The smallest absolute Gasteiger partial charge is 0.268 e. The van der Waals surface area contributed by atoms with Gasteiger partial charge in [0.2, 0.25) is 0 Å². The minimum atomic E-state index is -0.0525.